The van der Waals surface area contributed by atoms with Crippen molar-refractivity contribution in [3.8, 4) is 12.1 Å². The van der Waals surface area contributed by atoms with Gasteiger partial charge in [-0.1, -0.05) is 39.0 Å². The molecule has 4 heteroatoms. The number of hydrogen-bond donors (Lipinski definition) is 0. The predicted octanol–water partition coefficient (Wildman–Crippen LogP) is 3.09. The first-order chi connectivity index (χ1) is 8.36. The fourth-order valence-corrected chi connectivity index (χ4v) is 1.52. The lowest BCUT2D eigenvalue weighted by molar-refractivity contribution is 0.281. The summed E-state index contributed by atoms with van der Waals surface area (Å²) in [4.78, 5) is 7.89. The van der Waals surface area contributed by atoms with Gasteiger partial charge in [-0.3, -0.25) is 0 Å². The van der Waals surface area contributed by atoms with Crippen molar-refractivity contribution in [2.24, 2.45) is 0 Å². The van der Waals surface area contributed by atoms with Crippen molar-refractivity contribution >= 4 is 0 Å². The van der Waals surface area contributed by atoms with E-state index in [0.29, 0.717) is 18.3 Å². The maximum Gasteiger partial charge on any atom is 0.317 e. The van der Waals surface area contributed by atoms with Gasteiger partial charge >= 0.3 is 6.01 Å². The molecule has 1 aromatic heterocycles. The molecule has 0 fully saturated rings. The number of aromatic nitrogens is 2. The number of ether oxygens (including phenoxy) is 1. The molecule has 1 aromatic rings. The molecule has 0 atom stereocenters. The van der Waals surface area contributed by atoms with Gasteiger partial charge in [-0.25, -0.2) is 4.98 Å². The van der Waals surface area contributed by atoms with E-state index >= 15 is 0 Å². The second-order valence-electron chi connectivity index (χ2n) is 3.95. The molecule has 1 heterocycles. The van der Waals surface area contributed by atoms with Crippen LogP contribution in [0.25, 0.3) is 0 Å². The van der Waals surface area contributed by atoms with Gasteiger partial charge in [0.25, 0.3) is 0 Å². The van der Waals surface area contributed by atoms with Crippen molar-refractivity contribution in [1.29, 1.82) is 5.26 Å². The van der Waals surface area contributed by atoms with E-state index in [4.69, 9.17) is 10.00 Å². The summed E-state index contributed by atoms with van der Waals surface area (Å²) in [5.74, 6) is 0. The molecule has 0 aliphatic rings. The molecule has 0 radical (unpaired) electrons. The van der Waals surface area contributed by atoms with Gasteiger partial charge in [-0.2, -0.15) is 10.2 Å². The molecule has 0 aliphatic carbocycles. The van der Waals surface area contributed by atoms with Crippen molar-refractivity contribution in [2.75, 3.05) is 6.61 Å². The maximum absolute atomic E-state index is 8.66. The number of nitriles is 1. The molecule has 0 spiro atoms. The Morgan fingerprint density at radius 2 is 2.00 bits per heavy atom. The van der Waals surface area contributed by atoms with Crippen molar-refractivity contribution in [3.63, 3.8) is 0 Å². The smallest absolute Gasteiger partial charge is 0.317 e. The Bertz CT molecular complexity index is 360. The zero-order chi connectivity index (χ0) is 12.3. The second kappa shape index (κ2) is 8.51. The van der Waals surface area contributed by atoms with Crippen molar-refractivity contribution in [3.05, 3.63) is 18.0 Å². The van der Waals surface area contributed by atoms with Gasteiger partial charge in [-0.05, 0) is 12.5 Å². The first-order valence-electron chi connectivity index (χ1n) is 6.22. The van der Waals surface area contributed by atoms with E-state index in [9.17, 15) is 0 Å². The highest BCUT2D eigenvalue weighted by molar-refractivity contribution is 5.19. The lowest BCUT2D eigenvalue weighted by Gasteiger charge is -2.03. The summed E-state index contributed by atoms with van der Waals surface area (Å²) in [6.07, 6.45) is 8.89. The van der Waals surface area contributed by atoms with Gasteiger partial charge in [0.1, 0.15) is 11.8 Å². The van der Waals surface area contributed by atoms with E-state index in [-0.39, 0.29) is 0 Å². The summed E-state index contributed by atoms with van der Waals surface area (Å²) in [6, 6.07) is 3.83. The molecule has 0 saturated heterocycles. The summed E-state index contributed by atoms with van der Waals surface area (Å²) >= 11 is 0. The average Bonchev–Trinajstić information content (AvgIpc) is 2.38. The second-order valence-corrected chi connectivity index (χ2v) is 3.95. The first-order valence-corrected chi connectivity index (χ1v) is 6.22. The van der Waals surface area contributed by atoms with E-state index in [2.05, 4.69) is 16.9 Å². The number of unbranched alkanes of at least 4 members (excludes halogenated alkanes) is 5. The maximum atomic E-state index is 8.66. The lowest BCUT2D eigenvalue weighted by atomic mass is 10.1. The highest BCUT2D eigenvalue weighted by Gasteiger charge is 1.99. The first kappa shape index (κ1) is 13.4. The average molecular weight is 233 g/mol. The van der Waals surface area contributed by atoms with Crippen LogP contribution in [-0.2, 0) is 0 Å². The number of rotatable bonds is 8. The third kappa shape index (κ3) is 5.86. The fourth-order valence-electron chi connectivity index (χ4n) is 1.52. The van der Waals surface area contributed by atoms with Crippen molar-refractivity contribution < 1.29 is 4.74 Å². The van der Waals surface area contributed by atoms with Gasteiger partial charge in [-0.15, -0.1) is 0 Å². The van der Waals surface area contributed by atoms with E-state index in [1.807, 2.05) is 6.07 Å². The lowest BCUT2D eigenvalue weighted by Crippen LogP contribution is -2.01. The standard InChI is InChI=1S/C13H19N3O/c1-2-3-4-5-6-7-10-17-13-15-9-8-12(11-14)16-13/h8-9H,2-7,10H2,1H3. The Morgan fingerprint density at radius 3 is 2.76 bits per heavy atom. The normalized spacial score (nSPS) is 9.88. The number of nitrogens with zero attached hydrogens (tertiary/aromatic N) is 3. The van der Waals surface area contributed by atoms with Gasteiger partial charge in [0.15, 0.2) is 0 Å². The zero-order valence-corrected chi connectivity index (χ0v) is 10.4. The highest BCUT2D eigenvalue weighted by atomic mass is 16.5. The van der Waals surface area contributed by atoms with Crippen molar-refractivity contribution in [2.45, 2.75) is 45.4 Å². The van der Waals surface area contributed by atoms with Crippen LogP contribution in [0, 0.1) is 11.3 Å². The molecule has 1 rings (SSSR count). The molecular formula is C13H19N3O. The number of hydrogen-bond acceptors (Lipinski definition) is 4. The molecule has 0 N–H and O–H groups in total. The molecule has 0 amide bonds. The van der Waals surface area contributed by atoms with Crippen LogP contribution >= 0.6 is 0 Å². The molecule has 92 valence electrons. The van der Waals surface area contributed by atoms with Crippen molar-refractivity contribution in [1.82, 2.24) is 9.97 Å². The minimum absolute atomic E-state index is 0.303. The summed E-state index contributed by atoms with van der Waals surface area (Å²) in [6.45, 7) is 2.84. The van der Waals surface area contributed by atoms with Crippen LogP contribution < -0.4 is 4.74 Å². The topological polar surface area (TPSA) is 58.8 Å². The minimum atomic E-state index is 0.303. The summed E-state index contributed by atoms with van der Waals surface area (Å²) in [7, 11) is 0. The van der Waals surface area contributed by atoms with Gasteiger partial charge in [0.2, 0.25) is 0 Å². The fraction of sp³-hybridized carbons (Fsp3) is 0.615. The third-order valence-corrected chi connectivity index (χ3v) is 2.48. The van der Waals surface area contributed by atoms with Crippen LogP contribution in [0.1, 0.15) is 51.1 Å². The Balaban J connectivity index is 2.12. The summed E-state index contributed by atoms with van der Waals surface area (Å²) < 4.78 is 5.38. The largest absolute Gasteiger partial charge is 0.463 e. The Morgan fingerprint density at radius 1 is 1.24 bits per heavy atom. The van der Waals surface area contributed by atoms with E-state index in [1.165, 1.54) is 32.1 Å². The minimum Gasteiger partial charge on any atom is -0.463 e. The summed E-state index contributed by atoms with van der Waals surface area (Å²) in [5.41, 5.74) is 0.345. The van der Waals surface area contributed by atoms with Gasteiger partial charge in [0.05, 0.1) is 6.61 Å². The SMILES string of the molecule is CCCCCCCCOc1nccc(C#N)n1. The Kier molecular flexibility index (Phi) is 6.73. The zero-order valence-electron chi connectivity index (χ0n) is 10.4. The van der Waals surface area contributed by atoms with E-state index in [1.54, 1.807) is 12.3 Å². The van der Waals surface area contributed by atoms with Crippen LogP contribution in [-0.4, -0.2) is 16.6 Å². The molecule has 4 nitrogen and oxygen atoms in total. The van der Waals surface area contributed by atoms with Crippen LogP contribution in [0.3, 0.4) is 0 Å². The molecule has 0 bridgehead atoms. The van der Waals surface area contributed by atoms with Crippen LogP contribution in [0.5, 0.6) is 6.01 Å². The van der Waals surface area contributed by atoms with E-state index in [0.717, 1.165) is 6.42 Å². The quantitative estimate of drug-likeness (QED) is 0.647. The van der Waals surface area contributed by atoms with Crippen LogP contribution in [0.4, 0.5) is 0 Å². The molecule has 17 heavy (non-hydrogen) atoms. The van der Waals surface area contributed by atoms with Gasteiger partial charge in [0, 0.05) is 6.20 Å². The Labute approximate surface area is 103 Å². The Hall–Kier alpha value is -1.63. The molecule has 0 saturated carbocycles. The van der Waals surface area contributed by atoms with Gasteiger partial charge < -0.3 is 4.74 Å². The molecule has 0 unspecified atom stereocenters. The monoisotopic (exact) mass is 233 g/mol. The summed E-state index contributed by atoms with van der Waals surface area (Å²) in [5, 5.41) is 8.66. The highest BCUT2D eigenvalue weighted by Crippen LogP contribution is 2.07. The molecule has 0 aromatic carbocycles. The molecule has 0 aliphatic heterocycles. The van der Waals surface area contributed by atoms with Crippen LogP contribution in [0.2, 0.25) is 0 Å². The third-order valence-electron chi connectivity index (χ3n) is 2.48. The predicted molar refractivity (Wildman–Crippen MR) is 65.6 cm³/mol. The van der Waals surface area contributed by atoms with E-state index < -0.39 is 0 Å². The molecular weight excluding hydrogens is 214 g/mol. The van der Waals surface area contributed by atoms with Crippen LogP contribution in [0.15, 0.2) is 12.3 Å².